The van der Waals surface area contributed by atoms with Crippen LogP contribution < -0.4 is 5.32 Å². The van der Waals surface area contributed by atoms with Crippen molar-refractivity contribution in [1.82, 2.24) is 5.32 Å². The van der Waals surface area contributed by atoms with Crippen LogP contribution in [0.5, 0.6) is 0 Å². The van der Waals surface area contributed by atoms with Gasteiger partial charge in [-0.05, 0) is 129 Å². The van der Waals surface area contributed by atoms with E-state index in [4.69, 9.17) is 0 Å². The van der Waals surface area contributed by atoms with Gasteiger partial charge < -0.3 is 5.32 Å². The van der Waals surface area contributed by atoms with Gasteiger partial charge in [0.25, 0.3) is 0 Å². The van der Waals surface area contributed by atoms with Crippen molar-refractivity contribution in [2.24, 2.45) is 58.2 Å². The standard InChI is InChI=1S/C28H48.C11H23N/c1-19(2)8-7-9-21(4)24-12-13-25-23-11-10-22-18-20(3)14-16-27(22,5)26(23)15-17-28(24,25)6;1-5-11(6-2)8-7-9-12-10(3)4/h10,19-21,23-26H,7-9,11-18H2,1-6H3;11-12H,3,5-9H2,1-2,4H3/t20-,21+,23?,24?,25?,26?,27-,28+;/m0./s1. The SMILES string of the molecule is C=C(C)NCCCC(CC)CC.CC(C)CCC[C@@H](C)C1CCC2C3CC=C4C[C@@H](C)CC[C@]4(C)C3CC[C@@]21C. The molecular formula is C39H71N. The van der Waals surface area contributed by atoms with Crippen molar-refractivity contribution < 1.29 is 0 Å². The lowest BCUT2D eigenvalue weighted by Crippen LogP contribution is -2.50. The van der Waals surface area contributed by atoms with Gasteiger partial charge in [0.1, 0.15) is 0 Å². The zero-order valence-electron chi connectivity index (χ0n) is 28.7. The minimum Gasteiger partial charge on any atom is -0.389 e. The summed E-state index contributed by atoms with van der Waals surface area (Å²) >= 11 is 0. The molecule has 1 nitrogen and oxygen atoms in total. The molecule has 8 atom stereocenters. The van der Waals surface area contributed by atoms with Crippen LogP contribution in [0.15, 0.2) is 23.9 Å². The van der Waals surface area contributed by atoms with E-state index in [1.54, 1.807) is 0 Å². The second-order valence-corrected chi connectivity index (χ2v) is 16.2. The van der Waals surface area contributed by atoms with Gasteiger partial charge in [-0.2, -0.15) is 0 Å². The summed E-state index contributed by atoms with van der Waals surface area (Å²) in [5.74, 6) is 7.65. The minimum atomic E-state index is 0.553. The van der Waals surface area contributed by atoms with Crippen molar-refractivity contribution >= 4 is 0 Å². The number of allylic oxidation sites excluding steroid dienone is 3. The Morgan fingerprint density at radius 3 is 2.33 bits per heavy atom. The van der Waals surface area contributed by atoms with Gasteiger partial charge in [-0.25, -0.2) is 0 Å². The number of hydrogen-bond donors (Lipinski definition) is 1. The minimum absolute atomic E-state index is 0.553. The van der Waals surface area contributed by atoms with Crippen molar-refractivity contribution in [3.05, 3.63) is 23.9 Å². The third-order valence-electron chi connectivity index (χ3n) is 12.9. The average molecular weight is 554 g/mol. The summed E-state index contributed by atoms with van der Waals surface area (Å²) in [5.41, 5.74) is 4.15. The predicted octanol–water partition coefficient (Wildman–Crippen LogP) is 12.0. The highest BCUT2D eigenvalue weighted by Gasteiger charge is 2.58. The smallest absolute Gasteiger partial charge is 0.0143 e. The number of fused-ring (bicyclic) bond motifs is 5. The maximum absolute atomic E-state index is 3.80. The molecular weight excluding hydrogens is 482 g/mol. The van der Waals surface area contributed by atoms with Crippen LogP contribution in [-0.2, 0) is 0 Å². The average Bonchev–Trinajstić information content (AvgIpc) is 3.26. The molecule has 40 heavy (non-hydrogen) atoms. The van der Waals surface area contributed by atoms with Gasteiger partial charge >= 0.3 is 0 Å². The Morgan fingerprint density at radius 2 is 1.68 bits per heavy atom. The first-order valence-corrected chi connectivity index (χ1v) is 18.0. The van der Waals surface area contributed by atoms with Gasteiger partial charge in [-0.1, -0.05) is 106 Å². The molecule has 3 saturated carbocycles. The van der Waals surface area contributed by atoms with Crippen LogP contribution in [0.4, 0.5) is 0 Å². The van der Waals surface area contributed by atoms with Gasteiger partial charge in [-0.15, -0.1) is 0 Å². The van der Waals surface area contributed by atoms with E-state index in [1.807, 2.05) is 12.5 Å². The molecule has 0 bridgehead atoms. The van der Waals surface area contributed by atoms with Gasteiger partial charge in [0.2, 0.25) is 0 Å². The lowest BCUT2D eigenvalue weighted by Gasteiger charge is -2.58. The first-order chi connectivity index (χ1) is 19.0. The van der Waals surface area contributed by atoms with E-state index in [1.165, 1.54) is 96.3 Å². The highest BCUT2D eigenvalue weighted by molar-refractivity contribution is 5.25. The fourth-order valence-electron chi connectivity index (χ4n) is 10.3. The summed E-state index contributed by atoms with van der Waals surface area (Å²) in [5, 5.41) is 3.25. The van der Waals surface area contributed by atoms with Crippen molar-refractivity contribution in [3.63, 3.8) is 0 Å². The molecule has 4 unspecified atom stereocenters. The Bertz CT molecular complexity index is 804. The normalized spacial score (nSPS) is 35.7. The number of hydrogen-bond acceptors (Lipinski definition) is 1. The van der Waals surface area contributed by atoms with E-state index >= 15 is 0 Å². The van der Waals surface area contributed by atoms with Gasteiger partial charge in [0.05, 0.1) is 0 Å². The first kappa shape index (κ1) is 33.8. The number of nitrogens with one attached hydrogen (secondary N) is 1. The Balaban J connectivity index is 0.000000312. The summed E-state index contributed by atoms with van der Waals surface area (Å²) in [4.78, 5) is 0. The maximum Gasteiger partial charge on any atom is 0.0143 e. The van der Waals surface area contributed by atoms with Crippen molar-refractivity contribution in [2.45, 2.75) is 159 Å². The van der Waals surface area contributed by atoms with Crippen LogP contribution in [0.1, 0.15) is 159 Å². The van der Waals surface area contributed by atoms with E-state index in [0.29, 0.717) is 10.8 Å². The van der Waals surface area contributed by atoms with Crippen molar-refractivity contribution in [3.8, 4) is 0 Å². The largest absolute Gasteiger partial charge is 0.389 e. The summed E-state index contributed by atoms with van der Waals surface area (Å²) in [6, 6.07) is 0. The molecule has 232 valence electrons. The highest BCUT2D eigenvalue weighted by atomic mass is 14.9. The molecule has 0 aromatic carbocycles. The maximum atomic E-state index is 3.80. The van der Waals surface area contributed by atoms with Crippen LogP contribution in [0, 0.1) is 58.2 Å². The van der Waals surface area contributed by atoms with E-state index in [9.17, 15) is 0 Å². The van der Waals surface area contributed by atoms with E-state index in [-0.39, 0.29) is 0 Å². The molecule has 0 radical (unpaired) electrons. The van der Waals surface area contributed by atoms with E-state index < -0.39 is 0 Å². The lowest BCUT2D eigenvalue weighted by atomic mass is 9.46. The monoisotopic (exact) mass is 554 g/mol. The van der Waals surface area contributed by atoms with Crippen LogP contribution in [-0.4, -0.2) is 6.54 Å². The zero-order valence-corrected chi connectivity index (χ0v) is 28.7. The topological polar surface area (TPSA) is 12.0 Å². The Hall–Kier alpha value is -0.720. The van der Waals surface area contributed by atoms with E-state index in [2.05, 4.69) is 73.4 Å². The van der Waals surface area contributed by atoms with Crippen LogP contribution in [0.3, 0.4) is 0 Å². The summed E-state index contributed by atoms with van der Waals surface area (Å²) < 4.78 is 0. The second kappa shape index (κ2) is 15.1. The molecule has 3 fully saturated rings. The molecule has 0 saturated heterocycles. The van der Waals surface area contributed by atoms with E-state index in [0.717, 1.165) is 59.6 Å². The number of rotatable bonds is 12. The molecule has 1 heteroatoms. The van der Waals surface area contributed by atoms with Crippen molar-refractivity contribution in [1.29, 1.82) is 0 Å². The summed E-state index contributed by atoms with van der Waals surface area (Å²) in [7, 11) is 0. The molecule has 0 heterocycles. The Kier molecular flexibility index (Phi) is 12.8. The quantitative estimate of drug-likeness (QED) is 0.187. The van der Waals surface area contributed by atoms with Gasteiger partial charge in [0.15, 0.2) is 0 Å². The molecule has 0 spiro atoms. The fraction of sp³-hybridized carbons (Fsp3) is 0.897. The molecule has 1 N–H and O–H groups in total. The Labute approximate surface area is 252 Å². The molecule has 0 aromatic heterocycles. The van der Waals surface area contributed by atoms with Crippen LogP contribution >= 0.6 is 0 Å². The van der Waals surface area contributed by atoms with Crippen LogP contribution in [0.2, 0.25) is 0 Å². The zero-order chi connectivity index (χ0) is 29.5. The third kappa shape index (κ3) is 8.01. The first-order valence-electron chi connectivity index (χ1n) is 18.0. The van der Waals surface area contributed by atoms with Crippen LogP contribution in [0.25, 0.3) is 0 Å². The summed E-state index contributed by atoms with van der Waals surface area (Å²) in [6.45, 7) is 26.7. The predicted molar refractivity (Wildman–Crippen MR) is 178 cm³/mol. The summed E-state index contributed by atoms with van der Waals surface area (Å²) in [6.07, 6.45) is 24.2. The molecule has 4 aliphatic rings. The molecule has 0 aromatic rings. The molecule has 0 aliphatic heterocycles. The van der Waals surface area contributed by atoms with Gasteiger partial charge in [0, 0.05) is 12.2 Å². The Morgan fingerprint density at radius 1 is 0.950 bits per heavy atom. The molecule has 4 aliphatic carbocycles. The highest BCUT2D eigenvalue weighted by Crippen LogP contribution is 2.67. The second-order valence-electron chi connectivity index (χ2n) is 16.2. The van der Waals surface area contributed by atoms with Gasteiger partial charge in [-0.3, -0.25) is 0 Å². The molecule has 4 rings (SSSR count). The van der Waals surface area contributed by atoms with Crippen molar-refractivity contribution in [2.75, 3.05) is 6.54 Å². The fourth-order valence-corrected chi connectivity index (χ4v) is 10.3. The lowest BCUT2D eigenvalue weighted by molar-refractivity contribution is -0.0523. The molecule has 0 amide bonds. The third-order valence-corrected chi connectivity index (χ3v) is 12.9.